The fourth-order valence-electron chi connectivity index (χ4n) is 4.13. The van der Waals surface area contributed by atoms with Crippen molar-refractivity contribution in [1.82, 2.24) is 9.88 Å². The highest BCUT2D eigenvalue weighted by atomic mass is 35.5. The molecule has 1 aliphatic rings. The van der Waals surface area contributed by atoms with E-state index < -0.39 is 0 Å². The number of nitrogens with one attached hydrogen (secondary N) is 1. The summed E-state index contributed by atoms with van der Waals surface area (Å²) in [6.07, 6.45) is 6.20. The van der Waals surface area contributed by atoms with Crippen LogP contribution in [0.2, 0.25) is 0 Å². The Morgan fingerprint density at radius 3 is 2.48 bits per heavy atom. The van der Waals surface area contributed by atoms with Crippen molar-refractivity contribution in [2.75, 3.05) is 19.6 Å². The van der Waals surface area contributed by atoms with Gasteiger partial charge in [0, 0.05) is 29.1 Å². The van der Waals surface area contributed by atoms with Crippen LogP contribution in [0.4, 0.5) is 0 Å². The van der Waals surface area contributed by atoms with Gasteiger partial charge in [0.05, 0.1) is 0 Å². The molecule has 3 aromatic rings. The zero-order chi connectivity index (χ0) is 17.8. The molecule has 2 heterocycles. The molecule has 0 unspecified atom stereocenters. The van der Waals surface area contributed by atoms with Crippen molar-refractivity contribution in [3.8, 4) is 0 Å². The molecule has 0 saturated carbocycles. The van der Waals surface area contributed by atoms with Gasteiger partial charge in [-0.15, -0.1) is 12.4 Å². The molecule has 1 aliphatic heterocycles. The predicted molar refractivity (Wildman–Crippen MR) is 114 cm³/mol. The van der Waals surface area contributed by atoms with Crippen LogP contribution in [0.25, 0.3) is 10.9 Å². The number of hydrogen-bond donors (Lipinski definition) is 1. The summed E-state index contributed by atoms with van der Waals surface area (Å²) in [6, 6.07) is 18.2. The molecule has 0 spiro atoms. The fourth-order valence-corrected chi connectivity index (χ4v) is 4.13. The Morgan fingerprint density at radius 2 is 1.70 bits per heavy atom. The molecule has 1 N–H and O–H groups in total. The topological polar surface area (TPSA) is 36.1 Å². The molecular formula is C23H27ClN2O. The lowest BCUT2D eigenvalue weighted by Crippen LogP contribution is -2.33. The molecule has 2 aromatic carbocycles. The van der Waals surface area contributed by atoms with Gasteiger partial charge in [-0.05, 0) is 56.4 Å². The summed E-state index contributed by atoms with van der Waals surface area (Å²) in [5, 5.41) is 1.37. The van der Waals surface area contributed by atoms with Gasteiger partial charge in [0.15, 0.2) is 5.78 Å². The lowest BCUT2D eigenvalue weighted by Gasteiger charge is -2.31. The number of halogens is 1. The molecule has 1 aromatic heterocycles. The van der Waals surface area contributed by atoms with Crippen molar-refractivity contribution in [3.63, 3.8) is 0 Å². The number of aromatic nitrogens is 1. The number of nitrogens with zero attached hydrogens (tertiary/aromatic N) is 1. The third-order valence-electron chi connectivity index (χ3n) is 5.62. The van der Waals surface area contributed by atoms with Crippen molar-refractivity contribution >= 4 is 29.1 Å². The van der Waals surface area contributed by atoms with Crippen LogP contribution < -0.4 is 0 Å². The van der Waals surface area contributed by atoms with Crippen molar-refractivity contribution in [2.24, 2.45) is 0 Å². The third-order valence-corrected chi connectivity index (χ3v) is 5.62. The molecule has 0 bridgehead atoms. The van der Waals surface area contributed by atoms with Gasteiger partial charge in [-0.1, -0.05) is 48.5 Å². The maximum absolute atomic E-state index is 12.2. The molecule has 0 amide bonds. The van der Waals surface area contributed by atoms with E-state index in [4.69, 9.17) is 0 Å². The van der Waals surface area contributed by atoms with Crippen LogP contribution in [0, 0.1) is 0 Å². The molecule has 0 radical (unpaired) electrons. The van der Waals surface area contributed by atoms with E-state index in [2.05, 4.69) is 40.3 Å². The number of aromatic amines is 1. The number of likely N-dealkylation sites (tertiary alicyclic amines) is 1. The second kappa shape index (κ2) is 9.20. The molecule has 0 aliphatic carbocycles. The van der Waals surface area contributed by atoms with E-state index in [0.717, 1.165) is 31.6 Å². The van der Waals surface area contributed by atoms with Gasteiger partial charge in [-0.25, -0.2) is 0 Å². The maximum atomic E-state index is 12.2. The second-order valence-corrected chi connectivity index (χ2v) is 7.30. The number of hydrogen-bond acceptors (Lipinski definition) is 2. The van der Waals surface area contributed by atoms with Gasteiger partial charge in [-0.2, -0.15) is 0 Å². The summed E-state index contributed by atoms with van der Waals surface area (Å²) < 4.78 is 0. The summed E-state index contributed by atoms with van der Waals surface area (Å²) in [7, 11) is 0. The monoisotopic (exact) mass is 382 g/mol. The van der Waals surface area contributed by atoms with E-state index in [-0.39, 0.29) is 18.2 Å². The highest BCUT2D eigenvalue weighted by molar-refractivity contribution is 5.95. The number of carbonyl (C=O) groups excluding carboxylic acids is 1. The largest absolute Gasteiger partial charge is 0.361 e. The third kappa shape index (κ3) is 4.60. The highest BCUT2D eigenvalue weighted by Gasteiger charge is 2.22. The number of carbonyl (C=O) groups is 1. The minimum absolute atomic E-state index is 0. The molecule has 4 rings (SSSR count). The van der Waals surface area contributed by atoms with E-state index in [0.29, 0.717) is 12.3 Å². The normalized spacial score (nSPS) is 15.6. The Labute approximate surface area is 167 Å². The van der Waals surface area contributed by atoms with E-state index >= 15 is 0 Å². The van der Waals surface area contributed by atoms with Crippen molar-refractivity contribution in [2.45, 2.75) is 31.6 Å². The minimum Gasteiger partial charge on any atom is -0.361 e. The quantitative estimate of drug-likeness (QED) is 0.577. The summed E-state index contributed by atoms with van der Waals surface area (Å²) >= 11 is 0. The van der Waals surface area contributed by atoms with E-state index in [1.54, 1.807) is 0 Å². The summed E-state index contributed by atoms with van der Waals surface area (Å²) in [5.74, 6) is 0.910. The first-order chi connectivity index (χ1) is 12.8. The predicted octanol–water partition coefficient (Wildman–Crippen LogP) is 5.43. The number of ketones is 1. The Hall–Kier alpha value is -2.10. The number of piperidine rings is 1. The zero-order valence-electron chi connectivity index (χ0n) is 15.6. The lowest BCUT2D eigenvalue weighted by molar-refractivity contribution is 0.0972. The van der Waals surface area contributed by atoms with E-state index in [1.165, 1.54) is 29.3 Å². The van der Waals surface area contributed by atoms with Crippen LogP contribution >= 0.6 is 12.4 Å². The van der Waals surface area contributed by atoms with Crippen LogP contribution in [0.3, 0.4) is 0 Å². The maximum Gasteiger partial charge on any atom is 0.162 e. The Kier molecular flexibility index (Phi) is 6.70. The van der Waals surface area contributed by atoms with Gasteiger partial charge in [-0.3, -0.25) is 4.79 Å². The van der Waals surface area contributed by atoms with Crippen LogP contribution in [-0.4, -0.2) is 35.3 Å². The van der Waals surface area contributed by atoms with Gasteiger partial charge in [0.25, 0.3) is 0 Å². The number of para-hydroxylation sites is 1. The average Bonchev–Trinajstić information content (AvgIpc) is 3.13. The lowest BCUT2D eigenvalue weighted by atomic mass is 9.89. The minimum atomic E-state index is 0. The molecule has 1 fully saturated rings. The summed E-state index contributed by atoms with van der Waals surface area (Å²) in [6.45, 7) is 3.28. The first-order valence-corrected chi connectivity index (χ1v) is 9.68. The number of Topliss-reactive ketones (excluding diaryl/α,β-unsaturated/α-hetero) is 1. The summed E-state index contributed by atoms with van der Waals surface area (Å²) in [4.78, 5) is 18.1. The van der Waals surface area contributed by atoms with Gasteiger partial charge < -0.3 is 9.88 Å². The zero-order valence-corrected chi connectivity index (χ0v) is 16.4. The van der Waals surface area contributed by atoms with Gasteiger partial charge in [0.2, 0.25) is 0 Å². The van der Waals surface area contributed by atoms with Crippen LogP contribution in [0.5, 0.6) is 0 Å². The molecule has 1 saturated heterocycles. The number of H-pyrrole nitrogens is 1. The summed E-state index contributed by atoms with van der Waals surface area (Å²) in [5.41, 5.74) is 3.55. The number of rotatable bonds is 6. The van der Waals surface area contributed by atoms with Gasteiger partial charge in [0.1, 0.15) is 0 Å². The first-order valence-electron chi connectivity index (χ1n) is 9.68. The molecule has 4 heteroatoms. The Balaban J connectivity index is 0.00000210. The molecular weight excluding hydrogens is 356 g/mol. The standard InChI is InChI=1S/C23H26N2O.ClH/c26-23(19-7-2-1-3-8-19)11-6-14-25-15-12-18(13-16-25)21-17-24-22-10-5-4-9-20(21)22;/h1-5,7-10,17-18,24H,6,11-16H2;1H. The first kappa shape index (κ1) is 19.7. The second-order valence-electron chi connectivity index (χ2n) is 7.30. The molecule has 142 valence electrons. The van der Waals surface area contributed by atoms with Crippen LogP contribution in [0.15, 0.2) is 60.8 Å². The molecule has 27 heavy (non-hydrogen) atoms. The van der Waals surface area contributed by atoms with E-state index in [1.807, 2.05) is 30.3 Å². The van der Waals surface area contributed by atoms with E-state index in [9.17, 15) is 4.79 Å². The number of fused-ring (bicyclic) bond motifs is 1. The fraction of sp³-hybridized carbons (Fsp3) is 0.348. The average molecular weight is 383 g/mol. The number of benzene rings is 2. The van der Waals surface area contributed by atoms with Crippen molar-refractivity contribution in [1.29, 1.82) is 0 Å². The molecule has 0 atom stereocenters. The smallest absolute Gasteiger partial charge is 0.162 e. The highest BCUT2D eigenvalue weighted by Crippen LogP contribution is 2.33. The SMILES string of the molecule is Cl.O=C(CCCN1CCC(c2c[nH]c3ccccc23)CC1)c1ccccc1. The van der Waals surface area contributed by atoms with Crippen molar-refractivity contribution < 1.29 is 4.79 Å². The van der Waals surface area contributed by atoms with Crippen LogP contribution in [-0.2, 0) is 0 Å². The van der Waals surface area contributed by atoms with Crippen LogP contribution in [0.1, 0.15) is 47.5 Å². The van der Waals surface area contributed by atoms with Gasteiger partial charge >= 0.3 is 0 Å². The Bertz CT molecular complexity index is 866. The Morgan fingerprint density at radius 1 is 1.00 bits per heavy atom. The molecule has 3 nitrogen and oxygen atoms in total. The van der Waals surface area contributed by atoms with Crippen molar-refractivity contribution in [3.05, 3.63) is 71.9 Å².